The van der Waals surface area contributed by atoms with Gasteiger partial charge in [0.2, 0.25) is 0 Å². The molecule has 0 unspecified atom stereocenters. The molecule has 0 atom stereocenters. The van der Waals surface area contributed by atoms with Crippen LogP contribution in [0.4, 0.5) is 0 Å². The van der Waals surface area contributed by atoms with Crippen LogP contribution in [0.15, 0.2) is 140 Å². The van der Waals surface area contributed by atoms with E-state index in [1.807, 2.05) is 12.1 Å². The van der Waals surface area contributed by atoms with Crippen molar-refractivity contribution < 1.29 is 0 Å². The zero-order valence-corrected chi connectivity index (χ0v) is 22.6. The summed E-state index contributed by atoms with van der Waals surface area (Å²) < 4.78 is 0. The van der Waals surface area contributed by atoms with Gasteiger partial charge in [-0.05, 0) is 80.6 Å². The molecule has 0 saturated carbocycles. The van der Waals surface area contributed by atoms with Crippen LogP contribution in [-0.2, 0) is 0 Å². The second-order valence-corrected chi connectivity index (χ2v) is 10.9. The van der Waals surface area contributed by atoms with Crippen LogP contribution >= 0.6 is 0 Å². The molecule has 1 aliphatic rings. The van der Waals surface area contributed by atoms with Crippen molar-refractivity contribution in [2.24, 2.45) is 0 Å². The van der Waals surface area contributed by atoms with Crippen molar-refractivity contribution in [3.8, 4) is 55.9 Å². The second-order valence-electron chi connectivity index (χ2n) is 10.9. The van der Waals surface area contributed by atoms with Crippen LogP contribution in [0.1, 0.15) is 0 Å². The molecular weight excluding hydrogens is 510 g/mol. The average Bonchev–Trinajstić information content (AvgIpc) is 3.39. The molecule has 0 bridgehead atoms. The Kier molecular flexibility index (Phi) is 4.90. The molecule has 0 radical (unpaired) electrons. The quantitative estimate of drug-likeness (QED) is 0.212. The van der Waals surface area contributed by atoms with Crippen molar-refractivity contribution in [1.82, 2.24) is 15.0 Å². The Balaban J connectivity index is 1.15. The summed E-state index contributed by atoms with van der Waals surface area (Å²) in [5.41, 5.74) is 13.4. The number of aromatic nitrogens is 3. The van der Waals surface area contributed by atoms with Crippen molar-refractivity contribution in [3.63, 3.8) is 0 Å². The third kappa shape index (κ3) is 3.50. The molecule has 0 saturated heterocycles. The van der Waals surface area contributed by atoms with Gasteiger partial charge in [0.05, 0.1) is 22.4 Å². The standard InChI is InChI=1S/C39H23N3/c1-6-28(29-12-15-31-32-8-2-4-25-5-3-9-33(37(25)32)34(31)23-29)22-30(7-1)36-17-14-27-11-10-26-13-16-35(24-18-20-40-21-19-24)41-38(26)39(27)42-36/h1-23H. The molecule has 3 heteroatoms. The molecule has 0 aliphatic heterocycles. The minimum atomic E-state index is 0.909. The molecule has 0 amide bonds. The molecular formula is C39H23N3. The van der Waals surface area contributed by atoms with Crippen molar-refractivity contribution in [3.05, 3.63) is 140 Å². The molecule has 3 nitrogen and oxygen atoms in total. The van der Waals surface area contributed by atoms with Gasteiger partial charge >= 0.3 is 0 Å². The molecule has 5 aromatic carbocycles. The summed E-state index contributed by atoms with van der Waals surface area (Å²) in [6.07, 6.45) is 3.60. The highest BCUT2D eigenvalue weighted by Gasteiger charge is 2.21. The summed E-state index contributed by atoms with van der Waals surface area (Å²) >= 11 is 0. The summed E-state index contributed by atoms with van der Waals surface area (Å²) in [6.45, 7) is 0. The predicted molar refractivity (Wildman–Crippen MR) is 173 cm³/mol. The first-order valence-corrected chi connectivity index (χ1v) is 14.2. The maximum Gasteiger partial charge on any atom is 0.0972 e. The van der Waals surface area contributed by atoms with Crippen LogP contribution in [0.5, 0.6) is 0 Å². The summed E-state index contributed by atoms with van der Waals surface area (Å²) in [5, 5.41) is 4.80. The first-order valence-electron chi connectivity index (χ1n) is 14.2. The van der Waals surface area contributed by atoms with Crippen molar-refractivity contribution in [2.75, 3.05) is 0 Å². The van der Waals surface area contributed by atoms with E-state index in [0.717, 1.165) is 44.3 Å². The van der Waals surface area contributed by atoms with Crippen LogP contribution in [0.25, 0.3) is 88.5 Å². The SMILES string of the molecule is c1cc(-c2ccc3c(c2)-c2cccc4cccc-3c24)cc(-c2ccc3ccc4ccc(-c5ccncc5)nc4c3n2)c1. The predicted octanol–water partition coefficient (Wildman–Crippen LogP) is 9.98. The summed E-state index contributed by atoms with van der Waals surface area (Å²) in [4.78, 5) is 14.4. The number of hydrogen-bond acceptors (Lipinski definition) is 3. The van der Waals surface area contributed by atoms with Gasteiger partial charge < -0.3 is 0 Å². The van der Waals surface area contributed by atoms with Gasteiger partial charge in [0.1, 0.15) is 0 Å². The lowest BCUT2D eigenvalue weighted by Gasteiger charge is -2.10. The van der Waals surface area contributed by atoms with Gasteiger partial charge in [-0.3, -0.25) is 4.98 Å². The average molecular weight is 534 g/mol. The molecule has 1 aliphatic carbocycles. The van der Waals surface area contributed by atoms with Crippen molar-refractivity contribution in [2.45, 2.75) is 0 Å². The first kappa shape index (κ1) is 23.1. The lowest BCUT2D eigenvalue weighted by molar-refractivity contribution is 1.31. The van der Waals surface area contributed by atoms with Crippen LogP contribution < -0.4 is 0 Å². The summed E-state index contributed by atoms with van der Waals surface area (Å²) in [7, 11) is 0. The fraction of sp³-hybridized carbons (Fsp3) is 0. The molecule has 0 fully saturated rings. The molecule has 0 spiro atoms. The van der Waals surface area contributed by atoms with Crippen LogP contribution in [0, 0.1) is 0 Å². The van der Waals surface area contributed by atoms with Crippen LogP contribution in [-0.4, -0.2) is 15.0 Å². The van der Waals surface area contributed by atoms with E-state index in [1.165, 1.54) is 44.2 Å². The first-order chi connectivity index (χ1) is 20.8. The maximum absolute atomic E-state index is 5.18. The van der Waals surface area contributed by atoms with Gasteiger partial charge in [0.15, 0.2) is 0 Å². The van der Waals surface area contributed by atoms with E-state index in [-0.39, 0.29) is 0 Å². The van der Waals surface area contributed by atoms with E-state index in [9.17, 15) is 0 Å². The van der Waals surface area contributed by atoms with Gasteiger partial charge in [-0.2, -0.15) is 0 Å². The topological polar surface area (TPSA) is 38.7 Å². The molecule has 3 aromatic heterocycles. The van der Waals surface area contributed by atoms with Gasteiger partial charge in [0, 0.05) is 34.3 Å². The Hall–Kier alpha value is -5.67. The highest BCUT2D eigenvalue weighted by molar-refractivity contribution is 6.15. The van der Waals surface area contributed by atoms with E-state index < -0.39 is 0 Å². The molecule has 3 heterocycles. The van der Waals surface area contributed by atoms with Gasteiger partial charge in [-0.1, -0.05) is 91.0 Å². The third-order valence-corrected chi connectivity index (χ3v) is 8.49. The number of rotatable bonds is 3. The van der Waals surface area contributed by atoms with Crippen molar-refractivity contribution >= 4 is 32.6 Å². The Morgan fingerprint density at radius 2 is 0.952 bits per heavy atom. The largest absolute Gasteiger partial charge is 0.265 e. The zero-order valence-electron chi connectivity index (χ0n) is 22.6. The lowest BCUT2D eigenvalue weighted by atomic mass is 9.96. The highest BCUT2D eigenvalue weighted by atomic mass is 14.8. The number of benzene rings is 5. The van der Waals surface area contributed by atoms with Crippen LogP contribution in [0.3, 0.4) is 0 Å². The molecule has 194 valence electrons. The van der Waals surface area contributed by atoms with Gasteiger partial charge in [0.25, 0.3) is 0 Å². The normalized spacial score (nSPS) is 11.8. The van der Waals surface area contributed by atoms with Gasteiger partial charge in [-0.25, -0.2) is 9.97 Å². The van der Waals surface area contributed by atoms with Crippen LogP contribution in [0.2, 0.25) is 0 Å². The number of fused-ring (bicyclic) bond motifs is 6. The van der Waals surface area contributed by atoms with E-state index in [4.69, 9.17) is 9.97 Å². The Morgan fingerprint density at radius 3 is 1.69 bits per heavy atom. The fourth-order valence-corrected chi connectivity index (χ4v) is 6.44. The maximum atomic E-state index is 5.18. The summed E-state index contributed by atoms with van der Waals surface area (Å²) in [5.74, 6) is 0. The Morgan fingerprint density at radius 1 is 0.357 bits per heavy atom. The zero-order chi connectivity index (χ0) is 27.6. The second kappa shape index (κ2) is 8.92. The van der Waals surface area contributed by atoms with E-state index >= 15 is 0 Å². The van der Waals surface area contributed by atoms with Gasteiger partial charge in [-0.15, -0.1) is 0 Å². The van der Waals surface area contributed by atoms with E-state index in [1.54, 1.807) is 12.4 Å². The number of pyridine rings is 3. The minimum Gasteiger partial charge on any atom is -0.265 e. The van der Waals surface area contributed by atoms with E-state index in [0.29, 0.717) is 0 Å². The number of hydrogen-bond donors (Lipinski definition) is 0. The fourth-order valence-electron chi connectivity index (χ4n) is 6.44. The van der Waals surface area contributed by atoms with E-state index in [2.05, 4.69) is 120 Å². The number of nitrogens with zero attached hydrogens (tertiary/aromatic N) is 3. The third-order valence-electron chi connectivity index (χ3n) is 8.49. The smallest absolute Gasteiger partial charge is 0.0972 e. The molecule has 8 aromatic rings. The summed E-state index contributed by atoms with van der Waals surface area (Å²) in [6, 6.07) is 45.4. The highest BCUT2D eigenvalue weighted by Crippen LogP contribution is 2.48. The van der Waals surface area contributed by atoms with Crippen molar-refractivity contribution in [1.29, 1.82) is 0 Å². The molecule has 9 rings (SSSR count). The minimum absolute atomic E-state index is 0.909. The Labute approximate surface area is 242 Å². The Bertz CT molecular complexity index is 2350. The molecule has 42 heavy (non-hydrogen) atoms. The monoisotopic (exact) mass is 533 g/mol. The molecule has 0 N–H and O–H groups in total. The lowest BCUT2D eigenvalue weighted by Crippen LogP contribution is -1.91.